The number of benzene rings is 1. The summed E-state index contributed by atoms with van der Waals surface area (Å²) in [4.78, 5) is 18.0. The summed E-state index contributed by atoms with van der Waals surface area (Å²) in [7, 11) is 0.768. The molecule has 2 aromatic rings. The quantitative estimate of drug-likeness (QED) is 0.916. The summed E-state index contributed by atoms with van der Waals surface area (Å²) in [6.45, 7) is 1.88. The molecular weight excluding hydrogens is 310 g/mol. The minimum atomic E-state index is -0.942. The first-order valence-corrected chi connectivity index (χ1v) is 9.05. The maximum absolute atomic E-state index is 12.4. The predicted molar refractivity (Wildman–Crippen MR) is 94.9 cm³/mol. The molecule has 122 valence electrons. The first kappa shape index (κ1) is 17.1. The van der Waals surface area contributed by atoms with E-state index in [1.54, 1.807) is 30.6 Å². The van der Waals surface area contributed by atoms with Crippen molar-refractivity contribution in [1.29, 1.82) is 0 Å². The van der Waals surface area contributed by atoms with Crippen molar-refractivity contribution >= 4 is 22.5 Å². The predicted octanol–water partition coefficient (Wildman–Crippen LogP) is 2.98. The van der Waals surface area contributed by atoms with Crippen molar-refractivity contribution in [3.63, 3.8) is 0 Å². The zero-order valence-electron chi connectivity index (χ0n) is 13.5. The molecule has 0 aliphatic carbocycles. The number of amides is 2. The smallest absolute Gasteiger partial charge is 0.321 e. The van der Waals surface area contributed by atoms with Gasteiger partial charge in [0.15, 0.2) is 0 Å². The summed E-state index contributed by atoms with van der Waals surface area (Å²) < 4.78 is 11.3. The normalized spacial score (nSPS) is 13.2. The highest BCUT2D eigenvalue weighted by atomic mass is 32.2. The van der Waals surface area contributed by atoms with Crippen molar-refractivity contribution < 1.29 is 9.00 Å². The van der Waals surface area contributed by atoms with Crippen molar-refractivity contribution in [2.45, 2.75) is 13.0 Å². The van der Waals surface area contributed by atoms with E-state index in [1.807, 2.05) is 43.3 Å². The molecule has 0 radical (unpaired) electrons. The van der Waals surface area contributed by atoms with Gasteiger partial charge in [0.1, 0.15) is 0 Å². The number of rotatable bonds is 5. The number of pyridine rings is 1. The fraction of sp³-hybridized carbons (Fsp3) is 0.294. The molecular formula is C17H21N3O2S. The lowest BCUT2D eigenvalue weighted by Gasteiger charge is -2.25. The van der Waals surface area contributed by atoms with E-state index >= 15 is 0 Å². The van der Waals surface area contributed by atoms with Gasteiger partial charge < -0.3 is 10.2 Å². The minimum Gasteiger partial charge on any atom is -0.324 e. The van der Waals surface area contributed by atoms with Gasteiger partial charge in [-0.1, -0.05) is 18.2 Å². The van der Waals surface area contributed by atoms with Crippen LogP contribution in [-0.2, 0) is 10.8 Å². The fourth-order valence-electron chi connectivity index (χ4n) is 2.23. The second kappa shape index (κ2) is 7.87. The lowest BCUT2D eigenvalue weighted by atomic mass is 10.1. The van der Waals surface area contributed by atoms with Crippen LogP contribution in [0.2, 0.25) is 0 Å². The van der Waals surface area contributed by atoms with Crippen LogP contribution in [0.3, 0.4) is 0 Å². The Morgan fingerprint density at radius 2 is 1.91 bits per heavy atom. The van der Waals surface area contributed by atoms with Crippen molar-refractivity contribution in [3.05, 3.63) is 48.8 Å². The molecule has 1 heterocycles. The topological polar surface area (TPSA) is 62.3 Å². The summed E-state index contributed by atoms with van der Waals surface area (Å²) in [5, 5.41) is 2.93. The van der Waals surface area contributed by atoms with Crippen LogP contribution >= 0.6 is 0 Å². The zero-order valence-corrected chi connectivity index (χ0v) is 14.3. The lowest BCUT2D eigenvalue weighted by Crippen LogP contribution is -2.41. The van der Waals surface area contributed by atoms with E-state index < -0.39 is 10.8 Å². The number of nitrogens with zero attached hydrogens (tertiary/aromatic N) is 2. The number of urea groups is 1. The molecule has 1 aromatic heterocycles. The van der Waals surface area contributed by atoms with Crippen LogP contribution in [0.25, 0.3) is 11.1 Å². The number of hydrogen-bond acceptors (Lipinski definition) is 3. The Hall–Kier alpha value is -2.21. The highest BCUT2D eigenvalue weighted by Crippen LogP contribution is 2.27. The lowest BCUT2D eigenvalue weighted by molar-refractivity contribution is 0.212. The molecule has 2 amide bonds. The molecule has 0 aliphatic heterocycles. The second-order valence-corrected chi connectivity index (χ2v) is 6.89. The van der Waals surface area contributed by atoms with Gasteiger partial charge in [0.25, 0.3) is 0 Å². The number of hydrogen-bond donors (Lipinski definition) is 1. The maximum atomic E-state index is 12.4. The Morgan fingerprint density at radius 3 is 2.57 bits per heavy atom. The van der Waals surface area contributed by atoms with Crippen LogP contribution in [0, 0.1) is 0 Å². The van der Waals surface area contributed by atoms with Crippen LogP contribution in [0.5, 0.6) is 0 Å². The van der Waals surface area contributed by atoms with Crippen molar-refractivity contribution in [3.8, 4) is 11.1 Å². The van der Waals surface area contributed by atoms with Crippen molar-refractivity contribution in [1.82, 2.24) is 9.88 Å². The highest BCUT2D eigenvalue weighted by Gasteiger charge is 2.18. The van der Waals surface area contributed by atoms with Crippen LogP contribution in [-0.4, -0.2) is 45.2 Å². The van der Waals surface area contributed by atoms with Gasteiger partial charge in [-0.3, -0.25) is 9.19 Å². The van der Waals surface area contributed by atoms with Crippen molar-refractivity contribution in [2.75, 3.05) is 24.4 Å². The van der Waals surface area contributed by atoms with Gasteiger partial charge in [-0.05, 0) is 30.7 Å². The van der Waals surface area contributed by atoms with E-state index in [4.69, 9.17) is 0 Å². The molecule has 0 saturated carbocycles. The molecule has 0 fully saturated rings. The van der Waals surface area contributed by atoms with Crippen LogP contribution in [0.15, 0.2) is 48.8 Å². The van der Waals surface area contributed by atoms with Crippen LogP contribution in [0.1, 0.15) is 6.92 Å². The Kier molecular flexibility index (Phi) is 5.87. The van der Waals surface area contributed by atoms with E-state index in [1.165, 1.54) is 0 Å². The van der Waals surface area contributed by atoms with E-state index in [2.05, 4.69) is 10.3 Å². The first-order valence-electron chi connectivity index (χ1n) is 7.32. The summed E-state index contributed by atoms with van der Waals surface area (Å²) in [5.74, 6) is 0.454. The summed E-state index contributed by atoms with van der Waals surface area (Å²) >= 11 is 0. The molecule has 0 saturated heterocycles. The molecule has 2 atom stereocenters. The number of carbonyl (C=O) groups is 1. The monoisotopic (exact) mass is 331 g/mol. The first-order chi connectivity index (χ1) is 11.0. The largest absolute Gasteiger partial charge is 0.324 e. The third kappa shape index (κ3) is 4.63. The van der Waals surface area contributed by atoms with Gasteiger partial charge in [0.2, 0.25) is 0 Å². The minimum absolute atomic E-state index is 0.103. The maximum Gasteiger partial charge on any atom is 0.321 e. The summed E-state index contributed by atoms with van der Waals surface area (Å²) in [6.07, 6.45) is 5.08. The average Bonchev–Trinajstić information content (AvgIpc) is 2.54. The van der Waals surface area contributed by atoms with E-state index in [-0.39, 0.29) is 12.1 Å². The summed E-state index contributed by atoms with van der Waals surface area (Å²) in [5.41, 5.74) is 2.66. The van der Waals surface area contributed by atoms with Gasteiger partial charge in [0, 0.05) is 53.9 Å². The number of carbonyl (C=O) groups excluding carboxylic acids is 1. The molecule has 5 nitrogen and oxygen atoms in total. The van der Waals surface area contributed by atoms with Gasteiger partial charge in [-0.25, -0.2) is 4.79 Å². The Morgan fingerprint density at radius 1 is 1.26 bits per heavy atom. The van der Waals surface area contributed by atoms with Crippen molar-refractivity contribution in [2.24, 2.45) is 0 Å². The van der Waals surface area contributed by atoms with Gasteiger partial charge in [-0.2, -0.15) is 0 Å². The zero-order chi connectivity index (χ0) is 16.8. The molecule has 0 spiro atoms. The van der Waals surface area contributed by atoms with Gasteiger partial charge in [0.05, 0.1) is 5.69 Å². The molecule has 6 heteroatoms. The molecule has 0 unspecified atom stereocenters. The van der Waals surface area contributed by atoms with Gasteiger partial charge >= 0.3 is 6.03 Å². The molecule has 0 aliphatic rings. The Labute approximate surface area is 139 Å². The second-order valence-electron chi connectivity index (χ2n) is 5.41. The molecule has 23 heavy (non-hydrogen) atoms. The van der Waals surface area contributed by atoms with E-state index in [0.717, 1.165) is 16.8 Å². The molecule has 0 bridgehead atoms. The van der Waals surface area contributed by atoms with Crippen LogP contribution in [0.4, 0.5) is 10.5 Å². The van der Waals surface area contributed by atoms with E-state index in [9.17, 15) is 9.00 Å². The third-order valence-electron chi connectivity index (χ3n) is 3.62. The fourth-order valence-corrected chi connectivity index (χ4v) is 3.13. The van der Waals surface area contributed by atoms with E-state index in [0.29, 0.717) is 5.75 Å². The highest BCUT2D eigenvalue weighted by molar-refractivity contribution is 7.84. The standard InChI is InChI=1S/C17H21N3O2S/c1-13(12-23(3)22)20(2)17(21)19-16-7-5-4-6-15(16)14-8-10-18-11-9-14/h4-11,13H,12H2,1-3H3,(H,19,21)/t13-,23-/m1/s1. The average molecular weight is 331 g/mol. The Bertz CT molecular complexity index is 691. The van der Waals surface area contributed by atoms with Gasteiger partial charge in [-0.15, -0.1) is 0 Å². The number of para-hydroxylation sites is 1. The molecule has 1 aromatic carbocycles. The number of nitrogens with one attached hydrogen (secondary N) is 1. The SMILES string of the molecule is C[C@H](C[S@@](C)=O)N(C)C(=O)Nc1ccccc1-c1ccncc1. The third-order valence-corrected chi connectivity index (χ3v) is 4.57. The summed E-state index contributed by atoms with van der Waals surface area (Å²) in [6, 6.07) is 11.1. The molecule has 1 N–H and O–H groups in total. The van der Waals surface area contributed by atoms with Crippen LogP contribution < -0.4 is 5.32 Å². The number of aromatic nitrogens is 1. The molecule has 2 rings (SSSR count). The number of anilines is 1. The Balaban J connectivity index is 2.17.